The Balaban J connectivity index is 1.77. The highest BCUT2D eigenvalue weighted by Gasteiger charge is 2.44. The van der Waals surface area contributed by atoms with Crippen LogP contribution in [0.3, 0.4) is 0 Å². The lowest BCUT2D eigenvalue weighted by Gasteiger charge is -2.31. The third-order valence-electron chi connectivity index (χ3n) is 3.70. The van der Waals surface area contributed by atoms with Gasteiger partial charge in [-0.25, -0.2) is 0 Å². The summed E-state index contributed by atoms with van der Waals surface area (Å²) >= 11 is 0. The molecule has 0 radical (unpaired) electrons. The van der Waals surface area contributed by atoms with Crippen LogP contribution in [0.1, 0.15) is 18.9 Å². The van der Waals surface area contributed by atoms with Crippen LogP contribution in [0.2, 0.25) is 0 Å². The summed E-state index contributed by atoms with van der Waals surface area (Å²) in [5.41, 5.74) is -0.124. The normalized spacial score (nSPS) is 20.3. The molecule has 0 spiro atoms. The predicted molar refractivity (Wildman–Crippen MR) is 86.8 cm³/mol. The van der Waals surface area contributed by atoms with Gasteiger partial charge in [0, 0.05) is 17.7 Å². The van der Waals surface area contributed by atoms with E-state index in [4.69, 9.17) is 4.74 Å². The summed E-state index contributed by atoms with van der Waals surface area (Å²) in [7, 11) is 0. The molecule has 0 bridgehead atoms. The van der Waals surface area contributed by atoms with Crippen molar-refractivity contribution in [2.75, 3.05) is 6.61 Å². The Morgan fingerprint density at radius 1 is 1.17 bits per heavy atom. The third kappa shape index (κ3) is 3.10. The van der Waals surface area contributed by atoms with Crippen molar-refractivity contribution in [3.05, 3.63) is 66.2 Å². The van der Waals surface area contributed by atoms with Crippen LogP contribution < -0.4 is 4.74 Å². The Kier molecular flexibility index (Phi) is 4.12. The molecule has 1 amide bonds. The van der Waals surface area contributed by atoms with E-state index in [0.29, 0.717) is 17.0 Å². The fraction of sp³-hybridized carbons (Fsp3) is 0.222. The number of amides is 1. The van der Waals surface area contributed by atoms with Crippen molar-refractivity contribution in [1.29, 1.82) is 0 Å². The van der Waals surface area contributed by atoms with Crippen molar-refractivity contribution >= 4 is 11.6 Å². The molecular formula is C18H18N2O3. The minimum Gasteiger partial charge on any atom is -0.484 e. The van der Waals surface area contributed by atoms with Gasteiger partial charge in [-0.1, -0.05) is 48.5 Å². The number of rotatable bonds is 4. The zero-order valence-electron chi connectivity index (χ0n) is 12.8. The zero-order valence-corrected chi connectivity index (χ0v) is 12.8. The zero-order chi connectivity index (χ0) is 16.3. The average molecular weight is 310 g/mol. The molecule has 0 aliphatic carbocycles. The quantitative estimate of drug-likeness (QED) is 0.944. The number of benzene rings is 2. The first-order valence-corrected chi connectivity index (χ1v) is 7.42. The SMILES string of the molecule is CC1=NN(C(=O)COc2ccccc2)[C@](O)(c2ccccc2)C1. The van der Waals surface area contributed by atoms with E-state index in [2.05, 4.69) is 5.10 Å². The smallest absolute Gasteiger partial charge is 0.283 e. The van der Waals surface area contributed by atoms with Crippen LogP contribution in [0.25, 0.3) is 0 Å². The second kappa shape index (κ2) is 6.22. The molecule has 0 aromatic heterocycles. The second-order valence-corrected chi connectivity index (χ2v) is 5.50. The summed E-state index contributed by atoms with van der Waals surface area (Å²) in [5.74, 6) is 0.209. The molecule has 1 heterocycles. The van der Waals surface area contributed by atoms with Crippen molar-refractivity contribution in [3.8, 4) is 5.75 Å². The summed E-state index contributed by atoms with van der Waals surface area (Å²) in [6.45, 7) is 1.61. The van der Waals surface area contributed by atoms with Crippen LogP contribution >= 0.6 is 0 Å². The minimum absolute atomic E-state index is 0.185. The largest absolute Gasteiger partial charge is 0.484 e. The monoisotopic (exact) mass is 310 g/mol. The molecule has 0 fully saturated rings. The number of nitrogens with zero attached hydrogens (tertiary/aromatic N) is 2. The summed E-state index contributed by atoms with van der Waals surface area (Å²) in [5, 5.41) is 16.3. The van der Waals surface area contributed by atoms with Gasteiger partial charge in [-0.15, -0.1) is 0 Å². The van der Waals surface area contributed by atoms with Gasteiger partial charge in [0.2, 0.25) is 0 Å². The number of para-hydroxylation sites is 1. The van der Waals surface area contributed by atoms with E-state index >= 15 is 0 Å². The van der Waals surface area contributed by atoms with Gasteiger partial charge in [0.25, 0.3) is 5.91 Å². The van der Waals surface area contributed by atoms with Crippen LogP contribution in [0.15, 0.2) is 65.8 Å². The lowest BCUT2D eigenvalue weighted by molar-refractivity contribution is -0.159. The Morgan fingerprint density at radius 3 is 2.43 bits per heavy atom. The van der Waals surface area contributed by atoms with Crippen molar-refractivity contribution in [2.45, 2.75) is 19.1 Å². The fourth-order valence-electron chi connectivity index (χ4n) is 2.63. The van der Waals surface area contributed by atoms with E-state index in [1.54, 1.807) is 31.2 Å². The van der Waals surface area contributed by atoms with Crippen molar-refractivity contribution in [3.63, 3.8) is 0 Å². The minimum atomic E-state index is -1.46. The standard InChI is InChI=1S/C18H18N2O3/c1-14-12-18(22,15-8-4-2-5-9-15)20(19-14)17(21)13-23-16-10-6-3-7-11-16/h2-11,22H,12-13H2,1H3/t18-/m1/s1. The molecule has 0 unspecified atom stereocenters. The molecule has 1 atom stereocenters. The molecule has 2 aromatic rings. The summed E-state index contributed by atoms with van der Waals surface area (Å²) < 4.78 is 5.47. The fourth-order valence-corrected chi connectivity index (χ4v) is 2.63. The molecule has 5 nitrogen and oxygen atoms in total. The van der Waals surface area contributed by atoms with E-state index in [9.17, 15) is 9.90 Å². The first-order valence-electron chi connectivity index (χ1n) is 7.42. The van der Waals surface area contributed by atoms with Crippen LogP contribution in [0, 0.1) is 0 Å². The van der Waals surface area contributed by atoms with E-state index in [1.165, 1.54) is 0 Å². The van der Waals surface area contributed by atoms with Gasteiger partial charge >= 0.3 is 0 Å². The maximum Gasteiger partial charge on any atom is 0.283 e. The summed E-state index contributed by atoms with van der Waals surface area (Å²) in [4.78, 5) is 12.5. The van der Waals surface area contributed by atoms with Crippen molar-refractivity contribution < 1.29 is 14.6 Å². The van der Waals surface area contributed by atoms with Gasteiger partial charge in [0.1, 0.15) is 5.75 Å². The van der Waals surface area contributed by atoms with Gasteiger partial charge in [-0.3, -0.25) is 4.79 Å². The molecule has 1 aliphatic heterocycles. The lowest BCUT2D eigenvalue weighted by atomic mass is 9.98. The van der Waals surface area contributed by atoms with E-state index in [0.717, 1.165) is 5.01 Å². The van der Waals surface area contributed by atoms with Gasteiger partial charge < -0.3 is 9.84 Å². The highest BCUT2D eigenvalue weighted by Crippen LogP contribution is 2.35. The number of aliphatic hydroxyl groups is 1. The number of ether oxygens (including phenoxy) is 1. The Hall–Kier alpha value is -2.66. The molecule has 1 N–H and O–H groups in total. The van der Waals surface area contributed by atoms with Gasteiger partial charge in [-0.05, 0) is 19.1 Å². The van der Waals surface area contributed by atoms with Crippen molar-refractivity contribution in [1.82, 2.24) is 5.01 Å². The first kappa shape index (κ1) is 15.2. The average Bonchev–Trinajstić information content (AvgIpc) is 2.90. The lowest BCUT2D eigenvalue weighted by Crippen LogP contribution is -2.45. The van der Waals surface area contributed by atoms with Crippen LogP contribution in [0.4, 0.5) is 0 Å². The molecule has 2 aromatic carbocycles. The van der Waals surface area contributed by atoms with E-state index < -0.39 is 11.6 Å². The van der Waals surface area contributed by atoms with Gasteiger partial charge in [0.15, 0.2) is 12.3 Å². The number of hydrazone groups is 1. The van der Waals surface area contributed by atoms with E-state index in [1.807, 2.05) is 36.4 Å². The number of hydrogen-bond donors (Lipinski definition) is 1. The molecule has 118 valence electrons. The Labute approximate surface area is 134 Å². The molecule has 0 saturated carbocycles. The summed E-state index contributed by atoms with van der Waals surface area (Å²) in [6.07, 6.45) is 0.286. The number of hydrogen-bond acceptors (Lipinski definition) is 4. The molecule has 5 heteroatoms. The van der Waals surface area contributed by atoms with Crippen LogP contribution in [-0.2, 0) is 10.5 Å². The maximum atomic E-state index is 12.5. The van der Waals surface area contributed by atoms with Gasteiger partial charge in [-0.2, -0.15) is 10.1 Å². The van der Waals surface area contributed by atoms with Crippen LogP contribution in [-0.4, -0.2) is 28.3 Å². The topological polar surface area (TPSA) is 62.1 Å². The van der Waals surface area contributed by atoms with Crippen molar-refractivity contribution in [2.24, 2.45) is 5.10 Å². The highest BCUT2D eigenvalue weighted by molar-refractivity contribution is 5.89. The number of carbonyl (C=O) groups excluding carboxylic acids is 1. The first-order chi connectivity index (χ1) is 11.1. The Morgan fingerprint density at radius 2 is 1.78 bits per heavy atom. The number of carbonyl (C=O) groups is 1. The molecule has 3 rings (SSSR count). The Bertz CT molecular complexity index is 716. The molecule has 23 heavy (non-hydrogen) atoms. The predicted octanol–water partition coefficient (Wildman–Crippen LogP) is 2.52. The summed E-state index contributed by atoms with van der Waals surface area (Å²) in [6, 6.07) is 18.2. The third-order valence-corrected chi connectivity index (χ3v) is 3.70. The molecule has 1 aliphatic rings. The van der Waals surface area contributed by atoms with Crippen LogP contribution in [0.5, 0.6) is 5.75 Å². The maximum absolute atomic E-state index is 12.5. The van der Waals surface area contributed by atoms with Gasteiger partial charge in [0.05, 0.1) is 0 Å². The highest BCUT2D eigenvalue weighted by atomic mass is 16.5. The second-order valence-electron chi connectivity index (χ2n) is 5.50. The van der Waals surface area contributed by atoms with E-state index in [-0.39, 0.29) is 13.0 Å². The molecule has 0 saturated heterocycles. The molecular weight excluding hydrogens is 292 g/mol.